The van der Waals surface area contributed by atoms with Gasteiger partial charge in [-0.25, -0.2) is 0 Å². The minimum Gasteiger partial charge on any atom is -1.00 e. The molecule has 0 unspecified atom stereocenters. The molecule has 0 fully saturated rings. The maximum absolute atomic E-state index is 2.21. The van der Waals surface area contributed by atoms with Gasteiger partial charge in [-0.3, -0.25) is 0 Å². The van der Waals surface area contributed by atoms with Crippen molar-refractivity contribution < 1.29 is 40.6 Å². The average Bonchev–Trinajstić information content (AvgIpc) is 2.54. The molecule has 0 aliphatic heterocycles. The van der Waals surface area contributed by atoms with Gasteiger partial charge in [0.2, 0.25) is 0 Å². The molecule has 0 aromatic heterocycles. The number of rotatable bonds is 1. The third-order valence-corrected chi connectivity index (χ3v) is 3.87. The van der Waals surface area contributed by atoms with Gasteiger partial charge in [0.15, 0.2) is 0 Å². The minimum atomic E-state index is 0. The summed E-state index contributed by atoms with van der Waals surface area (Å²) in [7, 11) is 0. The van der Waals surface area contributed by atoms with Crippen molar-refractivity contribution in [3.05, 3.63) is 84.9 Å². The van der Waals surface area contributed by atoms with Crippen LogP contribution in [0.15, 0.2) is 84.9 Å². The molecule has 98 valence electrons. The van der Waals surface area contributed by atoms with Gasteiger partial charge in [-0.15, -0.1) is 0 Å². The van der Waals surface area contributed by atoms with Crippen LogP contribution in [0, 0.1) is 0 Å². The first-order chi connectivity index (χ1) is 9.93. The second-order valence-electron chi connectivity index (χ2n) is 5.05. The molecule has 0 aliphatic rings. The molecule has 4 rings (SSSR count). The molecule has 4 aromatic rings. The maximum Gasteiger partial charge on any atom is 1.00 e. The SMILES string of the molecule is [H-].[H-].[Li+].[Li+].c1ccc2c(-c3cccc4ccccc34)cccc2c1. The van der Waals surface area contributed by atoms with Crippen LogP contribution in [0.4, 0.5) is 0 Å². The topological polar surface area (TPSA) is 0 Å². The number of benzene rings is 4. The van der Waals surface area contributed by atoms with Gasteiger partial charge >= 0.3 is 37.7 Å². The van der Waals surface area contributed by atoms with Gasteiger partial charge in [-0.1, -0.05) is 84.9 Å². The molecule has 0 nitrogen and oxygen atoms in total. The van der Waals surface area contributed by atoms with Gasteiger partial charge < -0.3 is 2.85 Å². The van der Waals surface area contributed by atoms with E-state index in [0.717, 1.165) is 0 Å². The predicted molar refractivity (Wildman–Crippen MR) is 89.1 cm³/mol. The van der Waals surface area contributed by atoms with E-state index in [-0.39, 0.29) is 40.6 Å². The summed E-state index contributed by atoms with van der Waals surface area (Å²) in [6.07, 6.45) is 0. The molecule has 0 saturated heterocycles. The molecule has 0 spiro atoms. The molecule has 22 heavy (non-hydrogen) atoms. The molecule has 4 aromatic carbocycles. The number of fused-ring (bicyclic) bond motifs is 2. The summed E-state index contributed by atoms with van der Waals surface area (Å²) in [5.41, 5.74) is 2.61. The summed E-state index contributed by atoms with van der Waals surface area (Å²) < 4.78 is 0. The Labute approximate surface area is 157 Å². The maximum atomic E-state index is 2.21. The van der Waals surface area contributed by atoms with Crippen LogP contribution in [0.1, 0.15) is 2.85 Å². The molecule has 0 radical (unpaired) electrons. The van der Waals surface area contributed by atoms with Crippen LogP contribution in [0.3, 0.4) is 0 Å². The fourth-order valence-electron chi connectivity index (χ4n) is 2.92. The smallest absolute Gasteiger partial charge is 1.00 e. The molecule has 0 N–H and O–H groups in total. The normalized spacial score (nSPS) is 10.0. The molecular formula is C20H16Li2. The van der Waals surface area contributed by atoms with E-state index in [2.05, 4.69) is 84.9 Å². The summed E-state index contributed by atoms with van der Waals surface area (Å²) >= 11 is 0. The van der Waals surface area contributed by atoms with E-state index in [4.69, 9.17) is 0 Å². The van der Waals surface area contributed by atoms with E-state index >= 15 is 0 Å². The first kappa shape index (κ1) is 17.0. The molecule has 0 heterocycles. The average molecular weight is 270 g/mol. The van der Waals surface area contributed by atoms with Crippen molar-refractivity contribution in [3.63, 3.8) is 0 Å². The quantitative estimate of drug-likeness (QED) is 0.424. The summed E-state index contributed by atoms with van der Waals surface area (Å²) in [5, 5.41) is 5.20. The molecule has 0 bridgehead atoms. The Morgan fingerprint density at radius 1 is 0.409 bits per heavy atom. The van der Waals surface area contributed by atoms with Crippen LogP contribution >= 0.6 is 0 Å². The molecule has 0 amide bonds. The molecule has 0 aliphatic carbocycles. The summed E-state index contributed by atoms with van der Waals surface area (Å²) in [6.45, 7) is 0. The second kappa shape index (κ2) is 7.24. The van der Waals surface area contributed by atoms with E-state index < -0.39 is 0 Å². The zero-order valence-electron chi connectivity index (χ0n) is 15.1. The van der Waals surface area contributed by atoms with Gasteiger partial charge in [0.05, 0.1) is 0 Å². The van der Waals surface area contributed by atoms with Crippen molar-refractivity contribution in [1.29, 1.82) is 0 Å². The predicted octanol–water partition coefficient (Wildman–Crippen LogP) is -0.107. The van der Waals surface area contributed by atoms with E-state index in [0.29, 0.717) is 0 Å². The van der Waals surface area contributed by atoms with Crippen LogP contribution in [0.2, 0.25) is 0 Å². The van der Waals surface area contributed by atoms with E-state index in [1.807, 2.05) is 0 Å². The monoisotopic (exact) mass is 270 g/mol. The number of hydrogen-bond acceptors (Lipinski definition) is 0. The zero-order chi connectivity index (χ0) is 13.4. The second-order valence-corrected chi connectivity index (χ2v) is 5.05. The van der Waals surface area contributed by atoms with Crippen molar-refractivity contribution in [2.75, 3.05) is 0 Å². The fourth-order valence-corrected chi connectivity index (χ4v) is 2.92. The van der Waals surface area contributed by atoms with Crippen LogP contribution < -0.4 is 37.7 Å². The van der Waals surface area contributed by atoms with E-state index in [9.17, 15) is 0 Å². The van der Waals surface area contributed by atoms with Crippen molar-refractivity contribution in [2.45, 2.75) is 0 Å². The first-order valence-electron chi connectivity index (χ1n) is 6.89. The molecule has 0 saturated carbocycles. The third kappa shape index (κ3) is 2.89. The fraction of sp³-hybridized carbons (Fsp3) is 0. The van der Waals surface area contributed by atoms with Crippen LogP contribution in [0.25, 0.3) is 32.7 Å². The Hall–Kier alpha value is -1.41. The summed E-state index contributed by atoms with van der Waals surface area (Å²) in [6, 6.07) is 30.2. The Morgan fingerprint density at radius 2 is 0.773 bits per heavy atom. The Balaban J connectivity index is 0.00000132. The zero-order valence-corrected chi connectivity index (χ0v) is 13.1. The van der Waals surface area contributed by atoms with Crippen molar-refractivity contribution in [1.82, 2.24) is 0 Å². The third-order valence-electron chi connectivity index (χ3n) is 3.87. The van der Waals surface area contributed by atoms with Gasteiger partial charge in [-0.05, 0) is 32.7 Å². The first-order valence-corrected chi connectivity index (χ1v) is 6.89. The van der Waals surface area contributed by atoms with Gasteiger partial charge in [0, 0.05) is 0 Å². The van der Waals surface area contributed by atoms with Crippen molar-refractivity contribution in [2.24, 2.45) is 0 Å². The summed E-state index contributed by atoms with van der Waals surface area (Å²) in [5.74, 6) is 0. The van der Waals surface area contributed by atoms with Crippen molar-refractivity contribution >= 4 is 21.5 Å². The van der Waals surface area contributed by atoms with Gasteiger partial charge in [0.1, 0.15) is 0 Å². The number of hydrogen-bond donors (Lipinski definition) is 0. The Kier molecular flexibility index (Phi) is 5.58. The standard InChI is InChI=1S/C20H14.2Li.2H/c1-3-11-17-15(7-1)9-5-13-19(17)20-14-6-10-16-8-2-4-12-18(16)20;;;;/h1-14H;;;;/q;2*+1;2*-1. The van der Waals surface area contributed by atoms with Crippen LogP contribution in [-0.2, 0) is 0 Å². The van der Waals surface area contributed by atoms with Crippen molar-refractivity contribution in [3.8, 4) is 11.1 Å². The van der Waals surface area contributed by atoms with Gasteiger partial charge in [0.25, 0.3) is 0 Å². The van der Waals surface area contributed by atoms with Crippen LogP contribution in [-0.4, -0.2) is 0 Å². The minimum absolute atomic E-state index is 0. The molecule has 2 heteroatoms. The Morgan fingerprint density at radius 3 is 1.23 bits per heavy atom. The van der Waals surface area contributed by atoms with E-state index in [1.165, 1.54) is 32.7 Å². The molecular weight excluding hydrogens is 254 g/mol. The summed E-state index contributed by atoms with van der Waals surface area (Å²) in [4.78, 5) is 0. The largest absolute Gasteiger partial charge is 1.00 e. The van der Waals surface area contributed by atoms with Crippen LogP contribution in [0.5, 0.6) is 0 Å². The van der Waals surface area contributed by atoms with Gasteiger partial charge in [-0.2, -0.15) is 0 Å². The Bertz CT molecular complexity index is 835. The molecule has 0 atom stereocenters. The van der Waals surface area contributed by atoms with E-state index in [1.54, 1.807) is 0 Å².